The number of nitrogens with zero attached hydrogens (tertiary/aromatic N) is 1. The van der Waals surface area contributed by atoms with E-state index in [0.29, 0.717) is 10.4 Å². The van der Waals surface area contributed by atoms with Gasteiger partial charge in [-0.2, -0.15) is 0 Å². The predicted octanol–water partition coefficient (Wildman–Crippen LogP) is 1.24. The Morgan fingerprint density at radius 2 is 2.21 bits per heavy atom. The van der Waals surface area contributed by atoms with Gasteiger partial charge in [-0.15, -0.1) is 12.6 Å². The number of fused-ring (bicyclic) bond motifs is 1. The van der Waals surface area contributed by atoms with Crippen molar-refractivity contribution in [1.82, 2.24) is 0 Å². The molecular formula is C10H8ClNOS. The van der Waals surface area contributed by atoms with E-state index in [1.165, 1.54) is 0 Å². The lowest BCUT2D eigenvalue weighted by molar-refractivity contribution is -0.117. The molecule has 0 N–H and O–H groups in total. The minimum absolute atomic E-state index is 0.145. The van der Waals surface area contributed by atoms with E-state index < -0.39 is 0 Å². The third-order valence-electron chi connectivity index (χ3n) is 2.13. The minimum Gasteiger partial charge on any atom is -0.272 e. The zero-order valence-corrected chi connectivity index (χ0v) is 9.19. The van der Waals surface area contributed by atoms with E-state index in [0.717, 1.165) is 15.7 Å². The van der Waals surface area contributed by atoms with E-state index in [1.807, 2.05) is 6.92 Å². The maximum Gasteiger partial charge on any atom is 0.251 e. The van der Waals surface area contributed by atoms with Gasteiger partial charge in [0.2, 0.25) is 0 Å². The maximum absolute atomic E-state index is 11.2. The third kappa shape index (κ3) is 1.57. The smallest absolute Gasteiger partial charge is 0.251 e. The van der Waals surface area contributed by atoms with Crippen LogP contribution in [0.15, 0.2) is 17.1 Å². The van der Waals surface area contributed by atoms with Gasteiger partial charge in [-0.1, -0.05) is 11.6 Å². The molecule has 2 nitrogen and oxygen atoms in total. The molecule has 1 heterocycles. The number of hydrogen-bond donors (Lipinski definition) is 1. The number of benzene rings is 1. The van der Waals surface area contributed by atoms with Crippen molar-refractivity contribution in [2.75, 3.05) is 0 Å². The molecule has 72 valence electrons. The van der Waals surface area contributed by atoms with Crippen LogP contribution in [0.2, 0.25) is 5.02 Å². The molecule has 1 aromatic carbocycles. The Morgan fingerprint density at radius 3 is 2.93 bits per heavy atom. The van der Waals surface area contributed by atoms with Crippen molar-refractivity contribution >= 4 is 35.0 Å². The number of rotatable bonds is 0. The number of halogens is 1. The second-order valence-corrected chi connectivity index (χ2v) is 4.22. The fourth-order valence-electron chi connectivity index (χ4n) is 1.51. The van der Waals surface area contributed by atoms with Crippen LogP contribution in [-0.2, 0) is 4.79 Å². The minimum atomic E-state index is -0.145. The molecule has 0 fully saturated rings. The lowest BCUT2D eigenvalue weighted by Gasteiger charge is -2.06. The first kappa shape index (κ1) is 9.74. The van der Waals surface area contributed by atoms with Gasteiger partial charge in [0.1, 0.15) is 0 Å². The van der Waals surface area contributed by atoms with Gasteiger partial charge in [-0.05, 0) is 24.6 Å². The van der Waals surface area contributed by atoms with Gasteiger partial charge in [0.15, 0.2) is 0 Å². The van der Waals surface area contributed by atoms with Crippen LogP contribution in [-0.4, -0.2) is 5.91 Å². The summed E-state index contributed by atoms with van der Waals surface area (Å²) in [7, 11) is 0. The summed E-state index contributed by atoms with van der Waals surface area (Å²) >= 11 is 10.2. The topological polar surface area (TPSA) is 29.4 Å². The van der Waals surface area contributed by atoms with Crippen molar-refractivity contribution < 1.29 is 4.79 Å². The maximum atomic E-state index is 11.2. The summed E-state index contributed by atoms with van der Waals surface area (Å²) in [5, 5.41) is 2.23. The van der Waals surface area contributed by atoms with Crippen molar-refractivity contribution in [1.29, 1.82) is 0 Å². The van der Waals surface area contributed by atoms with E-state index in [9.17, 15) is 4.79 Å². The summed E-state index contributed by atoms with van der Waals surface area (Å²) in [6, 6.07) is 3.59. The average molecular weight is 226 g/mol. The molecule has 1 aliphatic heterocycles. The predicted molar refractivity (Wildman–Crippen MR) is 59.0 cm³/mol. The van der Waals surface area contributed by atoms with Gasteiger partial charge < -0.3 is 0 Å². The summed E-state index contributed by atoms with van der Waals surface area (Å²) in [6.45, 7) is 1.88. The Bertz CT molecular complexity index is 536. The van der Waals surface area contributed by atoms with E-state index in [2.05, 4.69) is 17.6 Å². The van der Waals surface area contributed by atoms with E-state index in [-0.39, 0.29) is 12.3 Å². The van der Waals surface area contributed by atoms with Crippen LogP contribution in [0, 0.1) is 6.92 Å². The lowest BCUT2D eigenvalue weighted by Crippen LogP contribution is -2.33. The van der Waals surface area contributed by atoms with Gasteiger partial charge in [0.25, 0.3) is 5.91 Å². The van der Waals surface area contributed by atoms with Gasteiger partial charge in [-0.3, -0.25) is 4.79 Å². The first-order valence-electron chi connectivity index (χ1n) is 4.18. The van der Waals surface area contributed by atoms with E-state index in [4.69, 9.17) is 11.6 Å². The van der Waals surface area contributed by atoms with Crippen LogP contribution in [0.3, 0.4) is 0 Å². The number of aryl methyl sites for hydroxylation is 1. The Balaban J connectivity index is 2.96. The monoisotopic (exact) mass is 225 g/mol. The molecule has 0 aromatic heterocycles. The summed E-state index contributed by atoms with van der Waals surface area (Å²) in [5.74, 6) is -0.145. The van der Waals surface area contributed by atoms with Crippen molar-refractivity contribution in [3.8, 4) is 0 Å². The van der Waals surface area contributed by atoms with Crippen LogP contribution in [0.1, 0.15) is 12.0 Å². The standard InChI is InChI=1S/C10H8ClNOS/c1-5-2-6(11)3-7-8(14)4-9(13)12-10(5)7/h2-3,14H,4H2,1H3. The highest BCUT2D eigenvalue weighted by atomic mass is 35.5. The van der Waals surface area contributed by atoms with Crippen LogP contribution < -0.4 is 10.6 Å². The van der Waals surface area contributed by atoms with Crippen LogP contribution in [0.4, 0.5) is 0 Å². The van der Waals surface area contributed by atoms with Gasteiger partial charge in [0, 0.05) is 15.1 Å². The van der Waals surface area contributed by atoms with Crippen molar-refractivity contribution in [3.05, 3.63) is 33.3 Å². The van der Waals surface area contributed by atoms with Gasteiger partial charge in [-0.25, -0.2) is 4.99 Å². The highest BCUT2D eigenvalue weighted by Gasteiger charge is 2.11. The fraction of sp³-hybridized carbons (Fsp3) is 0.200. The summed E-state index contributed by atoms with van der Waals surface area (Å²) < 4.78 is 0. The molecule has 0 aliphatic carbocycles. The fourth-order valence-corrected chi connectivity index (χ4v) is 2.09. The largest absolute Gasteiger partial charge is 0.272 e. The Labute approximate surface area is 91.7 Å². The van der Waals surface area contributed by atoms with Crippen LogP contribution >= 0.6 is 24.2 Å². The van der Waals surface area contributed by atoms with Crippen LogP contribution in [0.5, 0.6) is 0 Å². The molecule has 0 atom stereocenters. The lowest BCUT2D eigenvalue weighted by atomic mass is 10.1. The van der Waals surface area contributed by atoms with Gasteiger partial charge >= 0.3 is 0 Å². The molecule has 4 heteroatoms. The van der Waals surface area contributed by atoms with Crippen molar-refractivity contribution in [2.24, 2.45) is 4.99 Å². The zero-order valence-electron chi connectivity index (χ0n) is 7.54. The second kappa shape index (κ2) is 3.41. The molecule has 1 aliphatic rings. The molecule has 1 amide bonds. The van der Waals surface area contributed by atoms with Crippen LogP contribution in [0.25, 0.3) is 4.91 Å². The normalized spacial score (nSPS) is 15.1. The molecule has 0 saturated carbocycles. The number of hydrogen-bond acceptors (Lipinski definition) is 2. The Morgan fingerprint density at radius 1 is 1.50 bits per heavy atom. The third-order valence-corrected chi connectivity index (χ3v) is 2.75. The molecule has 0 bridgehead atoms. The highest BCUT2D eigenvalue weighted by Crippen LogP contribution is 2.11. The second-order valence-electron chi connectivity index (χ2n) is 3.25. The molecule has 2 rings (SSSR count). The highest BCUT2D eigenvalue weighted by molar-refractivity contribution is 7.90. The first-order chi connectivity index (χ1) is 6.58. The summed E-state index contributed by atoms with van der Waals surface area (Å²) in [6.07, 6.45) is 0.274. The molecule has 1 aromatic rings. The summed E-state index contributed by atoms with van der Waals surface area (Å²) in [4.78, 5) is 15.9. The van der Waals surface area contributed by atoms with E-state index in [1.54, 1.807) is 12.1 Å². The molecular weight excluding hydrogens is 218 g/mol. The molecule has 0 radical (unpaired) electrons. The number of thiol groups is 1. The zero-order chi connectivity index (χ0) is 10.3. The SMILES string of the molecule is Cc1cc(Cl)cc2c1=NC(=O)CC=2S. The summed E-state index contributed by atoms with van der Waals surface area (Å²) in [5.41, 5.74) is 0.909. The Kier molecular flexibility index (Phi) is 2.37. The van der Waals surface area contributed by atoms with Crippen molar-refractivity contribution in [3.63, 3.8) is 0 Å². The Hall–Kier alpha value is -0.800. The van der Waals surface area contributed by atoms with E-state index >= 15 is 0 Å². The number of amides is 1. The number of carbonyl (C=O) groups is 1. The van der Waals surface area contributed by atoms with Crippen molar-refractivity contribution in [2.45, 2.75) is 13.3 Å². The molecule has 14 heavy (non-hydrogen) atoms. The molecule has 0 unspecified atom stereocenters. The average Bonchev–Trinajstić information content (AvgIpc) is 2.07. The quantitative estimate of drug-likeness (QED) is 0.662. The van der Waals surface area contributed by atoms with Gasteiger partial charge in [0.05, 0.1) is 11.8 Å². The number of carbonyl (C=O) groups excluding carboxylic acids is 1. The molecule has 0 saturated heterocycles. The molecule has 0 spiro atoms. The first-order valence-corrected chi connectivity index (χ1v) is 5.00.